The van der Waals surface area contributed by atoms with Gasteiger partial charge in [0.1, 0.15) is 5.75 Å². The number of aryl methyl sites for hydroxylation is 2. The van der Waals surface area contributed by atoms with Crippen LogP contribution in [0.15, 0.2) is 60.9 Å². The topological polar surface area (TPSA) is 48.9 Å². The number of hydrogen-bond donors (Lipinski definition) is 2. The number of rotatable bonds is 2. The molecule has 0 saturated heterocycles. The van der Waals surface area contributed by atoms with Gasteiger partial charge < -0.3 is 10.1 Å². The number of pyridine rings is 1. The maximum Gasteiger partial charge on any atom is 0.115 e. The summed E-state index contributed by atoms with van der Waals surface area (Å²) in [6.07, 6.45) is 3.70. The van der Waals surface area contributed by atoms with Crippen LogP contribution in [0.4, 0.5) is 0 Å². The second kappa shape index (κ2) is 5.53. The molecule has 2 heterocycles. The van der Waals surface area contributed by atoms with Crippen molar-refractivity contribution in [3.8, 4) is 28.1 Å². The van der Waals surface area contributed by atoms with Gasteiger partial charge in [-0.15, -0.1) is 0 Å². The SMILES string of the molecule is Cc1ccc2[nH]c(-c3ccncc3C)c(-c3ccc(O)cc3)c2c1. The highest BCUT2D eigenvalue weighted by Gasteiger charge is 2.16. The number of aromatic amines is 1. The highest BCUT2D eigenvalue weighted by atomic mass is 16.3. The number of hydrogen-bond acceptors (Lipinski definition) is 2. The summed E-state index contributed by atoms with van der Waals surface area (Å²) in [5.74, 6) is 0.274. The van der Waals surface area contributed by atoms with Crippen molar-refractivity contribution in [3.63, 3.8) is 0 Å². The van der Waals surface area contributed by atoms with Gasteiger partial charge in [0.05, 0.1) is 5.69 Å². The van der Waals surface area contributed by atoms with E-state index in [0.717, 1.165) is 33.5 Å². The van der Waals surface area contributed by atoms with Gasteiger partial charge in [-0.25, -0.2) is 0 Å². The highest BCUT2D eigenvalue weighted by Crippen LogP contribution is 2.39. The fraction of sp³-hybridized carbons (Fsp3) is 0.0952. The van der Waals surface area contributed by atoms with Crippen LogP contribution >= 0.6 is 0 Å². The Balaban J connectivity index is 2.08. The van der Waals surface area contributed by atoms with Crippen molar-refractivity contribution in [2.45, 2.75) is 13.8 Å². The Morgan fingerprint density at radius 2 is 1.75 bits per heavy atom. The molecule has 3 nitrogen and oxygen atoms in total. The van der Waals surface area contributed by atoms with Crippen LogP contribution < -0.4 is 0 Å². The zero-order chi connectivity index (χ0) is 16.7. The molecule has 0 radical (unpaired) electrons. The number of aromatic nitrogens is 2. The number of nitrogens with zero attached hydrogens (tertiary/aromatic N) is 1. The number of fused-ring (bicyclic) bond motifs is 1. The molecule has 0 bridgehead atoms. The average Bonchev–Trinajstić information content (AvgIpc) is 2.94. The lowest BCUT2D eigenvalue weighted by atomic mass is 9.96. The molecule has 0 unspecified atom stereocenters. The van der Waals surface area contributed by atoms with Crippen molar-refractivity contribution in [1.82, 2.24) is 9.97 Å². The Labute approximate surface area is 140 Å². The van der Waals surface area contributed by atoms with Crippen molar-refractivity contribution < 1.29 is 5.11 Å². The van der Waals surface area contributed by atoms with Gasteiger partial charge in [0.15, 0.2) is 0 Å². The molecule has 0 atom stereocenters. The van der Waals surface area contributed by atoms with Gasteiger partial charge >= 0.3 is 0 Å². The zero-order valence-corrected chi connectivity index (χ0v) is 13.7. The molecule has 0 saturated carbocycles. The standard InChI is InChI=1S/C21H18N2O/c1-13-3-8-19-18(11-13)20(15-4-6-16(24)7-5-15)21(23-19)17-9-10-22-12-14(17)2/h3-12,23-24H,1-2H3. The molecule has 4 rings (SSSR count). The first-order valence-corrected chi connectivity index (χ1v) is 7.96. The van der Waals surface area contributed by atoms with Crippen LogP contribution in [0.2, 0.25) is 0 Å². The van der Waals surface area contributed by atoms with Gasteiger partial charge in [0.25, 0.3) is 0 Å². The maximum absolute atomic E-state index is 9.63. The van der Waals surface area contributed by atoms with Crippen molar-refractivity contribution in [1.29, 1.82) is 0 Å². The van der Waals surface area contributed by atoms with Gasteiger partial charge in [-0.05, 0) is 55.3 Å². The summed E-state index contributed by atoms with van der Waals surface area (Å²) in [7, 11) is 0. The van der Waals surface area contributed by atoms with Crippen LogP contribution in [0.1, 0.15) is 11.1 Å². The van der Waals surface area contributed by atoms with E-state index in [2.05, 4.69) is 42.0 Å². The Morgan fingerprint density at radius 3 is 2.50 bits per heavy atom. The fourth-order valence-electron chi connectivity index (χ4n) is 3.19. The number of H-pyrrole nitrogens is 1. The number of phenols is 1. The van der Waals surface area contributed by atoms with Gasteiger partial charge in [-0.1, -0.05) is 23.8 Å². The third kappa shape index (κ3) is 2.35. The molecular formula is C21H18N2O. The molecule has 24 heavy (non-hydrogen) atoms. The van der Waals surface area contributed by atoms with E-state index in [4.69, 9.17) is 0 Å². The normalized spacial score (nSPS) is 11.1. The summed E-state index contributed by atoms with van der Waals surface area (Å²) in [6.45, 7) is 4.17. The zero-order valence-electron chi connectivity index (χ0n) is 13.7. The molecular weight excluding hydrogens is 296 g/mol. The first-order chi connectivity index (χ1) is 11.6. The molecule has 4 aromatic rings. The lowest BCUT2D eigenvalue weighted by Crippen LogP contribution is -1.87. The second-order valence-electron chi connectivity index (χ2n) is 6.16. The summed E-state index contributed by atoms with van der Waals surface area (Å²) in [4.78, 5) is 7.78. The largest absolute Gasteiger partial charge is 0.508 e. The van der Waals surface area contributed by atoms with Crippen molar-refractivity contribution >= 4 is 10.9 Å². The minimum absolute atomic E-state index is 0.274. The predicted octanol–water partition coefficient (Wildman–Crippen LogP) is 5.22. The van der Waals surface area contributed by atoms with E-state index in [1.165, 1.54) is 10.9 Å². The van der Waals surface area contributed by atoms with Crippen molar-refractivity contribution in [2.75, 3.05) is 0 Å². The van der Waals surface area contributed by atoms with Gasteiger partial charge in [-0.3, -0.25) is 4.98 Å². The van der Waals surface area contributed by atoms with E-state index in [1.54, 1.807) is 12.1 Å². The minimum Gasteiger partial charge on any atom is -0.508 e. The quantitative estimate of drug-likeness (QED) is 0.533. The first-order valence-electron chi connectivity index (χ1n) is 7.96. The van der Waals surface area contributed by atoms with Crippen LogP contribution in [0.25, 0.3) is 33.3 Å². The summed E-state index contributed by atoms with van der Waals surface area (Å²) in [5, 5.41) is 10.8. The molecule has 0 spiro atoms. The molecule has 0 aliphatic rings. The smallest absolute Gasteiger partial charge is 0.115 e. The molecule has 0 aliphatic heterocycles. The Hall–Kier alpha value is -3.07. The van der Waals surface area contributed by atoms with E-state index in [0.29, 0.717) is 0 Å². The maximum atomic E-state index is 9.63. The molecule has 3 heteroatoms. The monoisotopic (exact) mass is 314 g/mol. The molecule has 0 aliphatic carbocycles. The summed E-state index contributed by atoms with van der Waals surface area (Å²) in [6, 6.07) is 15.9. The minimum atomic E-state index is 0.274. The molecule has 0 fully saturated rings. The van der Waals surface area contributed by atoms with Crippen LogP contribution in [-0.2, 0) is 0 Å². The Morgan fingerprint density at radius 1 is 0.958 bits per heavy atom. The second-order valence-corrected chi connectivity index (χ2v) is 6.16. The Bertz CT molecular complexity index is 1030. The molecule has 2 aromatic heterocycles. The molecule has 118 valence electrons. The third-order valence-electron chi connectivity index (χ3n) is 4.40. The van der Waals surface area contributed by atoms with Crippen molar-refractivity contribution in [2.24, 2.45) is 0 Å². The van der Waals surface area contributed by atoms with E-state index in [1.807, 2.05) is 30.6 Å². The number of nitrogens with one attached hydrogen (secondary N) is 1. The fourth-order valence-corrected chi connectivity index (χ4v) is 3.19. The molecule has 2 N–H and O–H groups in total. The van der Waals surface area contributed by atoms with E-state index >= 15 is 0 Å². The Kier molecular flexibility index (Phi) is 3.35. The van der Waals surface area contributed by atoms with E-state index in [9.17, 15) is 5.11 Å². The van der Waals surface area contributed by atoms with E-state index < -0.39 is 0 Å². The van der Waals surface area contributed by atoms with Crippen LogP contribution in [-0.4, -0.2) is 15.1 Å². The lowest BCUT2D eigenvalue weighted by Gasteiger charge is -2.08. The molecule has 2 aromatic carbocycles. The van der Waals surface area contributed by atoms with Gasteiger partial charge in [0, 0.05) is 34.4 Å². The predicted molar refractivity (Wildman–Crippen MR) is 98.1 cm³/mol. The highest BCUT2D eigenvalue weighted by molar-refractivity contribution is 6.04. The third-order valence-corrected chi connectivity index (χ3v) is 4.40. The lowest BCUT2D eigenvalue weighted by molar-refractivity contribution is 0.475. The van der Waals surface area contributed by atoms with Crippen LogP contribution in [0, 0.1) is 13.8 Å². The number of benzene rings is 2. The van der Waals surface area contributed by atoms with Gasteiger partial charge in [-0.2, -0.15) is 0 Å². The van der Waals surface area contributed by atoms with E-state index in [-0.39, 0.29) is 5.75 Å². The van der Waals surface area contributed by atoms with Crippen LogP contribution in [0.3, 0.4) is 0 Å². The summed E-state index contributed by atoms with van der Waals surface area (Å²) in [5.41, 5.74) is 7.91. The van der Waals surface area contributed by atoms with Crippen molar-refractivity contribution in [3.05, 3.63) is 72.1 Å². The number of aromatic hydroxyl groups is 1. The molecule has 0 amide bonds. The number of phenolic OH excluding ortho intramolecular Hbond substituents is 1. The summed E-state index contributed by atoms with van der Waals surface area (Å²) >= 11 is 0. The average molecular weight is 314 g/mol. The first kappa shape index (κ1) is 14.5. The van der Waals surface area contributed by atoms with Gasteiger partial charge in [0.2, 0.25) is 0 Å². The van der Waals surface area contributed by atoms with Crippen LogP contribution in [0.5, 0.6) is 5.75 Å². The summed E-state index contributed by atoms with van der Waals surface area (Å²) < 4.78 is 0.